The van der Waals surface area contributed by atoms with Crippen molar-refractivity contribution in [3.05, 3.63) is 69.2 Å². The van der Waals surface area contributed by atoms with Crippen LogP contribution in [0.5, 0.6) is 0 Å². The fraction of sp³-hybridized carbons (Fsp3) is 0.435. The van der Waals surface area contributed by atoms with Crippen molar-refractivity contribution >= 4 is 40.9 Å². The zero-order chi connectivity index (χ0) is 20.6. The predicted octanol–water partition coefficient (Wildman–Crippen LogP) is 5.89. The highest BCUT2D eigenvalue weighted by Gasteiger charge is 2.16. The van der Waals surface area contributed by atoms with E-state index in [2.05, 4.69) is 29.3 Å². The fourth-order valence-corrected chi connectivity index (χ4v) is 5.23. The first-order valence-corrected chi connectivity index (χ1v) is 12.0. The quantitative estimate of drug-likeness (QED) is 0.508. The summed E-state index contributed by atoms with van der Waals surface area (Å²) < 4.78 is 0. The second-order valence-corrected chi connectivity index (χ2v) is 9.61. The standard InChI is InChI=1S/C23H28Cl2N2OS/c1-17-4-3-12-27(14-17)15-18-7-9-19(10-8-18)23(28)26-11-13-29-16-20-21(24)5-2-6-22(20)25/h2,5-10,17H,3-4,11-16H2,1H3,(H,26,28)/t17-/m1/s1. The SMILES string of the molecule is C[C@@H]1CCCN(Cc2ccc(C(=O)NCCSCc3c(Cl)cccc3Cl)cc2)C1. The number of carbonyl (C=O) groups excluding carboxylic acids is 1. The molecule has 0 bridgehead atoms. The largest absolute Gasteiger partial charge is 0.351 e. The van der Waals surface area contributed by atoms with E-state index < -0.39 is 0 Å². The Bertz CT molecular complexity index is 793. The van der Waals surface area contributed by atoms with Crippen molar-refractivity contribution in [3.63, 3.8) is 0 Å². The van der Waals surface area contributed by atoms with E-state index >= 15 is 0 Å². The van der Waals surface area contributed by atoms with Crippen LogP contribution in [0.3, 0.4) is 0 Å². The van der Waals surface area contributed by atoms with E-state index in [-0.39, 0.29) is 5.91 Å². The van der Waals surface area contributed by atoms with Crippen molar-refractivity contribution in [2.75, 3.05) is 25.4 Å². The Morgan fingerprint density at radius 1 is 1.17 bits per heavy atom. The fourth-order valence-electron chi connectivity index (χ4n) is 3.63. The van der Waals surface area contributed by atoms with E-state index in [0.29, 0.717) is 22.2 Å². The van der Waals surface area contributed by atoms with Gasteiger partial charge in [-0.3, -0.25) is 9.69 Å². The van der Waals surface area contributed by atoms with Crippen molar-refractivity contribution in [2.45, 2.75) is 32.1 Å². The molecule has 156 valence electrons. The molecule has 1 atom stereocenters. The lowest BCUT2D eigenvalue weighted by Crippen LogP contribution is -2.33. The smallest absolute Gasteiger partial charge is 0.251 e. The highest BCUT2D eigenvalue weighted by Crippen LogP contribution is 2.28. The Balaban J connectivity index is 1.39. The van der Waals surface area contributed by atoms with E-state index in [4.69, 9.17) is 23.2 Å². The van der Waals surface area contributed by atoms with Gasteiger partial charge >= 0.3 is 0 Å². The van der Waals surface area contributed by atoms with Crippen LogP contribution < -0.4 is 5.32 Å². The van der Waals surface area contributed by atoms with Gasteiger partial charge in [-0.1, -0.05) is 48.3 Å². The summed E-state index contributed by atoms with van der Waals surface area (Å²) in [4.78, 5) is 14.9. The second-order valence-electron chi connectivity index (χ2n) is 7.69. The minimum atomic E-state index is -0.0282. The molecule has 1 heterocycles. The molecular weight excluding hydrogens is 423 g/mol. The summed E-state index contributed by atoms with van der Waals surface area (Å²) in [6.45, 7) is 6.23. The van der Waals surface area contributed by atoms with Gasteiger partial charge in [0.25, 0.3) is 5.91 Å². The minimum absolute atomic E-state index is 0.0282. The topological polar surface area (TPSA) is 32.3 Å². The van der Waals surface area contributed by atoms with Crippen molar-refractivity contribution < 1.29 is 4.79 Å². The molecular formula is C23H28Cl2N2OS. The van der Waals surface area contributed by atoms with E-state index in [1.54, 1.807) is 11.8 Å². The highest BCUT2D eigenvalue weighted by atomic mass is 35.5. The zero-order valence-corrected chi connectivity index (χ0v) is 19.1. The number of nitrogens with one attached hydrogen (secondary N) is 1. The number of nitrogens with zero attached hydrogens (tertiary/aromatic N) is 1. The van der Waals surface area contributed by atoms with Crippen molar-refractivity contribution in [1.82, 2.24) is 10.2 Å². The van der Waals surface area contributed by atoms with Crippen LogP contribution in [-0.4, -0.2) is 36.2 Å². The van der Waals surface area contributed by atoms with Gasteiger partial charge < -0.3 is 5.32 Å². The van der Waals surface area contributed by atoms with Gasteiger partial charge in [0.2, 0.25) is 0 Å². The molecule has 0 spiro atoms. The molecule has 0 aliphatic carbocycles. The molecule has 6 heteroatoms. The molecule has 0 aromatic heterocycles. The van der Waals surface area contributed by atoms with Gasteiger partial charge in [-0.2, -0.15) is 11.8 Å². The molecule has 2 aromatic rings. The van der Waals surface area contributed by atoms with E-state index in [1.807, 2.05) is 30.3 Å². The molecule has 2 aromatic carbocycles. The molecule has 0 unspecified atom stereocenters. The number of piperidine rings is 1. The van der Waals surface area contributed by atoms with Crippen LogP contribution in [0.25, 0.3) is 0 Å². The predicted molar refractivity (Wildman–Crippen MR) is 125 cm³/mol. The molecule has 1 saturated heterocycles. The lowest BCUT2D eigenvalue weighted by Gasteiger charge is -2.30. The Morgan fingerprint density at radius 2 is 1.90 bits per heavy atom. The maximum absolute atomic E-state index is 12.4. The minimum Gasteiger partial charge on any atom is -0.351 e. The molecule has 1 aliphatic rings. The summed E-state index contributed by atoms with van der Waals surface area (Å²) in [5.41, 5.74) is 2.92. The number of amides is 1. The molecule has 1 amide bonds. The Labute approximate surface area is 188 Å². The number of benzene rings is 2. The number of rotatable bonds is 8. The number of thioether (sulfide) groups is 1. The molecule has 1 N–H and O–H groups in total. The zero-order valence-electron chi connectivity index (χ0n) is 16.8. The molecule has 29 heavy (non-hydrogen) atoms. The first-order valence-electron chi connectivity index (χ1n) is 10.1. The van der Waals surface area contributed by atoms with Gasteiger partial charge in [0.05, 0.1) is 0 Å². The average Bonchev–Trinajstić information content (AvgIpc) is 2.70. The molecule has 1 aliphatic heterocycles. The molecule has 0 saturated carbocycles. The third-order valence-corrected chi connectivity index (χ3v) is 6.90. The first kappa shape index (κ1) is 22.5. The van der Waals surface area contributed by atoms with Gasteiger partial charge in [0.1, 0.15) is 0 Å². The van der Waals surface area contributed by atoms with Gasteiger partial charge in [-0.15, -0.1) is 0 Å². The van der Waals surface area contributed by atoms with Gasteiger partial charge in [0, 0.05) is 46.7 Å². The lowest BCUT2D eigenvalue weighted by molar-refractivity contribution is 0.0956. The number of hydrogen-bond donors (Lipinski definition) is 1. The van der Waals surface area contributed by atoms with Crippen molar-refractivity contribution in [1.29, 1.82) is 0 Å². The second kappa shape index (κ2) is 11.3. The van der Waals surface area contributed by atoms with Crippen LogP contribution in [0.4, 0.5) is 0 Å². The van der Waals surface area contributed by atoms with Gasteiger partial charge in [-0.25, -0.2) is 0 Å². The summed E-state index contributed by atoms with van der Waals surface area (Å²) in [5, 5.41) is 4.36. The summed E-state index contributed by atoms with van der Waals surface area (Å²) in [7, 11) is 0. The van der Waals surface area contributed by atoms with Crippen LogP contribution in [0, 0.1) is 5.92 Å². The maximum atomic E-state index is 12.4. The summed E-state index contributed by atoms with van der Waals surface area (Å²) >= 11 is 14.1. The Morgan fingerprint density at radius 3 is 2.59 bits per heavy atom. The summed E-state index contributed by atoms with van der Waals surface area (Å²) in [6.07, 6.45) is 2.61. The number of halogens is 2. The van der Waals surface area contributed by atoms with E-state index in [9.17, 15) is 4.79 Å². The monoisotopic (exact) mass is 450 g/mol. The van der Waals surface area contributed by atoms with Crippen LogP contribution >= 0.6 is 35.0 Å². The summed E-state index contributed by atoms with van der Waals surface area (Å²) in [5.74, 6) is 2.29. The number of hydrogen-bond acceptors (Lipinski definition) is 3. The van der Waals surface area contributed by atoms with E-state index in [1.165, 1.54) is 31.5 Å². The Hall–Kier alpha value is -1.20. The molecule has 0 radical (unpaired) electrons. The van der Waals surface area contributed by atoms with E-state index in [0.717, 1.165) is 29.5 Å². The van der Waals surface area contributed by atoms with Crippen LogP contribution in [0.15, 0.2) is 42.5 Å². The third-order valence-electron chi connectivity index (χ3n) is 5.20. The highest BCUT2D eigenvalue weighted by molar-refractivity contribution is 7.98. The van der Waals surface area contributed by atoms with Crippen LogP contribution in [0.2, 0.25) is 10.0 Å². The maximum Gasteiger partial charge on any atom is 0.251 e. The lowest BCUT2D eigenvalue weighted by atomic mass is 9.99. The number of carbonyl (C=O) groups is 1. The number of likely N-dealkylation sites (tertiary alicyclic amines) is 1. The van der Waals surface area contributed by atoms with Crippen LogP contribution in [-0.2, 0) is 12.3 Å². The van der Waals surface area contributed by atoms with Crippen LogP contribution in [0.1, 0.15) is 41.3 Å². The van der Waals surface area contributed by atoms with Gasteiger partial charge in [-0.05, 0) is 60.7 Å². The molecule has 1 fully saturated rings. The average molecular weight is 451 g/mol. The normalized spacial score (nSPS) is 17.3. The van der Waals surface area contributed by atoms with Crippen molar-refractivity contribution in [2.24, 2.45) is 5.92 Å². The van der Waals surface area contributed by atoms with Crippen molar-refractivity contribution in [3.8, 4) is 0 Å². The summed E-state index contributed by atoms with van der Waals surface area (Å²) in [6, 6.07) is 13.5. The Kier molecular flexibility index (Phi) is 8.73. The molecule has 3 nitrogen and oxygen atoms in total. The van der Waals surface area contributed by atoms with Gasteiger partial charge in [0.15, 0.2) is 0 Å². The molecule has 3 rings (SSSR count). The first-order chi connectivity index (χ1) is 14.0. The third kappa shape index (κ3) is 6.92.